The minimum absolute atomic E-state index is 0.133. The van der Waals surface area contributed by atoms with E-state index in [2.05, 4.69) is 5.32 Å². The van der Waals surface area contributed by atoms with E-state index in [0.717, 1.165) is 0 Å². The second-order valence-electron chi connectivity index (χ2n) is 6.02. The normalized spacial score (nSPS) is 18.0. The fourth-order valence-corrected chi connectivity index (χ4v) is 2.57. The lowest BCUT2D eigenvalue weighted by atomic mass is 10.1. The Hall–Kier alpha value is -2.97. The van der Waals surface area contributed by atoms with Crippen molar-refractivity contribution >= 4 is 23.5 Å². The Balaban J connectivity index is 2.15. The van der Waals surface area contributed by atoms with Crippen molar-refractivity contribution in [2.45, 2.75) is 38.8 Å². The van der Waals surface area contributed by atoms with Crippen molar-refractivity contribution in [2.24, 2.45) is 0 Å². The number of non-ortho nitro benzene ring substituents is 1. The van der Waals surface area contributed by atoms with Crippen LogP contribution in [0.25, 0.3) is 0 Å². The van der Waals surface area contributed by atoms with Crippen molar-refractivity contribution in [3.05, 3.63) is 39.9 Å². The average molecular weight is 363 g/mol. The summed E-state index contributed by atoms with van der Waals surface area (Å²) in [5.41, 5.74) is 0.0808. The van der Waals surface area contributed by atoms with Gasteiger partial charge in [-0.25, -0.2) is 0 Å². The van der Waals surface area contributed by atoms with Crippen molar-refractivity contribution in [1.82, 2.24) is 10.2 Å². The topological polar surface area (TPSA) is 119 Å². The zero-order valence-corrected chi connectivity index (χ0v) is 14.6. The van der Waals surface area contributed by atoms with Gasteiger partial charge in [0.05, 0.1) is 17.4 Å². The number of nitrogens with zero attached hydrogens (tertiary/aromatic N) is 2. The molecule has 1 aliphatic rings. The summed E-state index contributed by atoms with van der Waals surface area (Å²) in [7, 11) is 0. The number of amides is 2. The molecule has 1 aromatic rings. The zero-order valence-electron chi connectivity index (χ0n) is 14.6. The van der Waals surface area contributed by atoms with E-state index in [1.54, 1.807) is 6.92 Å². The molecule has 2 rings (SSSR count). The smallest absolute Gasteiger partial charge is 0.308 e. The Kier molecular flexibility index (Phi) is 6.26. The molecule has 0 bridgehead atoms. The summed E-state index contributed by atoms with van der Waals surface area (Å²) < 4.78 is 5.19. The Morgan fingerprint density at radius 1 is 1.38 bits per heavy atom. The number of rotatable bonds is 6. The largest absolute Gasteiger partial charge is 0.463 e. The van der Waals surface area contributed by atoms with Crippen LogP contribution in [0.2, 0.25) is 0 Å². The first-order chi connectivity index (χ1) is 12.3. The average Bonchev–Trinajstić information content (AvgIpc) is 2.62. The fourth-order valence-electron chi connectivity index (χ4n) is 2.57. The Morgan fingerprint density at radius 2 is 2.04 bits per heavy atom. The predicted octanol–water partition coefficient (Wildman–Crippen LogP) is 1.27. The van der Waals surface area contributed by atoms with Crippen LogP contribution in [-0.4, -0.2) is 52.8 Å². The summed E-state index contributed by atoms with van der Waals surface area (Å²) in [6, 6.07) is 4.15. The third kappa shape index (κ3) is 4.56. The van der Waals surface area contributed by atoms with Crippen molar-refractivity contribution in [1.29, 1.82) is 0 Å². The van der Waals surface area contributed by atoms with Crippen LogP contribution in [0.3, 0.4) is 0 Å². The summed E-state index contributed by atoms with van der Waals surface area (Å²) in [5.74, 6) is -1.44. The maximum atomic E-state index is 12.7. The Labute approximate surface area is 150 Å². The molecule has 2 unspecified atom stereocenters. The van der Waals surface area contributed by atoms with Gasteiger partial charge in [-0.15, -0.1) is 0 Å². The Bertz CT molecular complexity index is 703. The molecule has 0 spiro atoms. The number of hydrogen-bond acceptors (Lipinski definition) is 6. The number of nitro benzene ring substituents is 1. The van der Waals surface area contributed by atoms with Crippen LogP contribution in [0, 0.1) is 10.1 Å². The molecule has 0 saturated carbocycles. The molecule has 1 heterocycles. The van der Waals surface area contributed by atoms with Crippen molar-refractivity contribution in [3.8, 4) is 0 Å². The number of benzene rings is 1. The maximum absolute atomic E-state index is 12.7. The lowest BCUT2D eigenvalue weighted by Crippen LogP contribution is -2.57. The molecule has 0 aliphatic carbocycles. The number of carbonyl (C=O) groups excluding carboxylic acids is 3. The van der Waals surface area contributed by atoms with Crippen LogP contribution >= 0.6 is 0 Å². The highest BCUT2D eigenvalue weighted by molar-refractivity contribution is 5.99. The standard InChI is InChI=1S/C17H21N3O6/c1-3-11(2)26-15(21)10-14-16(22)18-8-9-19(14)17(23)12-4-6-13(7-5-12)20(24)25/h4-7,11,14H,3,8-10H2,1-2H3,(H,18,22). The van der Waals surface area contributed by atoms with Crippen LogP contribution in [0.5, 0.6) is 0 Å². The van der Waals surface area contributed by atoms with E-state index in [1.165, 1.54) is 29.2 Å². The lowest BCUT2D eigenvalue weighted by Gasteiger charge is -2.34. The summed E-state index contributed by atoms with van der Waals surface area (Å²) in [6.07, 6.45) is 0.135. The molecule has 0 aromatic heterocycles. The van der Waals surface area contributed by atoms with E-state index in [4.69, 9.17) is 4.74 Å². The van der Waals surface area contributed by atoms with E-state index in [9.17, 15) is 24.5 Å². The predicted molar refractivity (Wildman–Crippen MR) is 91.4 cm³/mol. The van der Waals surface area contributed by atoms with Crippen LogP contribution in [0.4, 0.5) is 5.69 Å². The van der Waals surface area contributed by atoms with Crippen molar-refractivity contribution < 1.29 is 24.0 Å². The first-order valence-electron chi connectivity index (χ1n) is 8.36. The summed E-state index contributed by atoms with van der Waals surface area (Å²) in [6.45, 7) is 4.13. The first-order valence-corrected chi connectivity index (χ1v) is 8.36. The molecule has 1 fully saturated rings. The van der Waals surface area contributed by atoms with Crippen LogP contribution in [0.1, 0.15) is 37.0 Å². The maximum Gasteiger partial charge on any atom is 0.308 e. The molecule has 2 atom stereocenters. The van der Waals surface area contributed by atoms with Crippen LogP contribution < -0.4 is 5.32 Å². The zero-order chi connectivity index (χ0) is 19.3. The van der Waals surface area contributed by atoms with Crippen LogP contribution in [-0.2, 0) is 14.3 Å². The molecule has 26 heavy (non-hydrogen) atoms. The minimum Gasteiger partial charge on any atom is -0.463 e. The fraction of sp³-hybridized carbons (Fsp3) is 0.471. The molecule has 9 heteroatoms. The van der Waals surface area contributed by atoms with Gasteiger partial charge >= 0.3 is 5.97 Å². The molecule has 2 amide bonds. The molecule has 140 valence electrons. The summed E-state index contributed by atoms with van der Waals surface area (Å²) in [5, 5.41) is 13.4. The molecular formula is C17H21N3O6. The van der Waals surface area contributed by atoms with Gasteiger partial charge < -0.3 is 15.0 Å². The lowest BCUT2D eigenvalue weighted by molar-refractivity contribution is -0.384. The molecule has 9 nitrogen and oxygen atoms in total. The van der Waals surface area contributed by atoms with Gasteiger partial charge in [-0.2, -0.15) is 0 Å². The number of nitrogens with one attached hydrogen (secondary N) is 1. The van der Waals surface area contributed by atoms with E-state index >= 15 is 0 Å². The summed E-state index contributed by atoms with van der Waals surface area (Å²) in [4.78, 5) is 48.4. The minimum atomic E-state index is -0.969. The van der Waals surface area contributed by atoms with Gasteiger partial charge in [0, 0.05) is 30.8 Å². The van der Waals surface area contributed by atoms with E-state index in [1.807, 2.05) is 6.92 Å². The number of carbonyl (C=O) groups is 3. The van der Waals surface area contributed by atoms with Crippen molar-refractivity contribution in [2.75, 3.05) is 13.1 Å². The Morgan fingerprint density at radius 3 is 2.62 bits per heavy atom. The van der Waals surface area contributed by atoms with Gasteiger partial charge in [-0.05, 0) is 25.5 Å². The van der Waals surface area contributed by atoms with E-state index in [-0.39, 0.29) is 36.9 Å². The molecule has 1 saturated heterocycles. The number of nitro groups is 1. The third-order valence-corrected chi connectivity index (χ3v) is 4.18. The number of esters is 1. The van der Waals surface area contributed by atoms with E-state index < -0.39 is 28.7 Å². The SMILES string of the molecule is CCC(C)OC(=O)CC1C(=O)NCCN1C(=O)c1ccc([N+](=O)[O-])cc1. The highest BCUT2D eigenvalue weighted by Crippen LogP contribution is 2.18. The first kappa shape index (κ1) is 19.4. The quantitative estimate of drug-likeness (QED) is 0.462. The van der Waals surface area contributed by atoms with Gasteiger partial charge in [0.25, 0.3) is 11.6 Å². The van der Waals surface area contributed by atoms with E-state index in [0.29, 0.717) is 6.42 Å². The van der Waals surface area contributed by atoms with Gasteiger partial charge in [0.2, 0.25) is 5.91 Å². The number of hydrogen-bond donors (Lipinski definition) is 1. The molecular weight excluding hydrogens is 342 g/mol. The second kappa shape index (κ2) is 8.41. The van der Waals surface area contributed by atoms with Crippen molar-refractivity contribution in [3.63, 3.8) is 0 Å². The molecule has 1 aliphatic heterocycles. The van der Waals surface area contributed by atoms with Gasteiger partial charge in [-0.3, -0.25) is 24.5 Å². The van der Waals surface area contributed by atoms with Gasteiger partial charge in [-0.1, -0.05) is 6.92 Å². The second-order valence-corrected chi connectivity index (χ2v) is 6.02. The summed E-state index contributed by atoms with van der Waals surface area (Å²) >= 11 is 0. The number of piperazine rings is 1. The molecule has 1 aromatic carbocycles. The molecule has 0 radical (unpaired) electrons. The van der Waals surface area contributed by atoms with Crippen LogP contribution in [0.15, 0.2) is 24.3 Å². The molecule has 1 N–H and O–H groups in total. The van der Waals surface area contributed by atoms with Gasteiger partial charge in [0.15, 0.2) is 0 Å². The monoisotopic (exact) mass is 363 g/mol. The third-order valence-electron chi connectivity index (χ3n) is 4.18. The highest BCUT2D eigenvalue weighted by Gasteiger charge is 2.35. The van der Waals surface area contributed by atoms with Gasteiger partial charge in [0.1, 0.15) is 6.04 Å². The number of ether oxygens (including phenoxy) is 1. The highest BCUT2D eigenvalue weighted by atomic mass is 16.6.